The fraction of sp³-hybridized carbons (Fsp3) is 0.286. The van der Waals surface area contributed by atoms with Gasteiger partial charge >= 0.3 is 0 Å². The molecule has 0 amide bonds. The molecule has 0 aliphatic rings. The molecule has 0 fully saturated rings. The second-order valence-electron chi connectivity index (χ2n) is 4.21. The van der Waals surface area contributed by atoms with Gasteiger partial charge in [-0.05, 0) is 25.0 Å². The number of hydrogen-bond acceptors (Lipinski definition) is 6. The Bertz CT molecular complexity index is 685. The van der Waals surface area contributed by atoms with Crippen molar-refractivity contribution in [1.29, 1.82) is 0 Å². The first-order valence-electron chi connectivity index (χ1n) is 6.25. The van der Waals surface area contributed by atoms with Crippen LogP contribution in [-0.2, 0) is 6.42 Å². The summed E-state index contributed by atoms with van der Waals surface area (Å²) >= 11 is 0. The Balaban J connectivity index is 2.32. The molecule has 2 aromatic rings. The first-order chi connectivity index (χ1) is 9.60. The number of ether oxygens (including phenoxy) is 1. The zero-order chi connectivity index (χ0) is 14.7. The van der Waals surface area contributed by atoms with Gasteiger partial charge in [-0.25, -0.2) is 0 Å². The normalized spacial score (nSPS) is 10.7. The number of rotatable bonds is 6. The number of benzene rings is 1. The highest BCUT2D eigenvalue weighted by Crippen LogP contribution is 2.32. The smallest absolute Gasteiger partial charge is 0.272 e. The molecule has 20 heavy (non-hydrogen) atoms. The van der Waals surface area contributed by atoms with Gasteiger partial charge in [0.2, 0.25) is 0 Å². The Morgan fingerprint density at radius 3 is 2.65 bits per heavy atom. The van der Waals surface area contributed by atoms with Gasteiger partial charge in [-0.1, -0.05) is 12.1 Å². The lowest BCUT2D eigenvalue weighted by molar-refractivity contribution is 0.297. The van der Waals surface area contributed by atoms with Crippen LogP contribution in [0.25, 0.3) is 0 Å². The maximum absolute atomic E-state index is 11.5. The Hall–Kier alpha value is -2.34. The van der Waals surface area contributed by atoms with Crippen LogP contribution in [0.4, 0.5) is 11.4 Å². The predicted molar refractivity (Wildman–Crippen MR) is 74.7 cm³/mol. The molecule has 0 saturated heterocycles. The molecule has 0 atom stereocenters. The molecule has 0 spiro atoms. The van der Waals surface area contributed by atoms with E-state index in [1.165, 1.54) is 0 Å². The molecular formula is C14H15NO5. The summed E-state index contributed by atoms with van der Waals surface area (Å²) in [6, 6.07) is 4.92. The predicted octanol–water partition coefficient (Wildman–Crippen LogP) is 0.665. The standard InChI is InChI=1S/C14H15NO5/c1-2-20-14-10(12(18)13(14)19)15-9-5-3-4-8(6-7-16)11(9)17/h3-5,15-17H,2,6-7H2,1H3. The zero-order valence-electron chi connectivity index (χ0n) is 11.0. The molecule has 0 bridgehead atoms. The summed E-state index contributed by atoms with van der Waals surface area (Å²) in [4.78, 5) is 22.8. The highest BCUT2D eigenvalue weighted by Gasteiger charge is 2.23. The Morgan fingerprint density at radius 1 is 1.25 bits per heavy atom. The van der Waals surface area contributed by atoms with Crippen molar-refractivity contribution in [1.82, 2.24) is 0 Å². The van der Waals surface area contributed by atoms with Crippen molar-refractivity contribution in [2.45, 2.75) is 13.3 Å². The minimum atomic E-state index is -0.666. The van der Waals surface area contributed by atoms with Gasteiger partial charge in [0, 0.05) is 6.61 Å². The fourth-order valence-corrected chi connectivity index (χ4v) is 1.92. The molecule has 6 nitrogen and oxygen atoms in total. The zero-order valence-corrected chi connectivity index (χ0v) is 11.0. The number of nitrogens with one attached hydrogen (secondary N) is 1. The van der Waals surface area contributed by atoms with Crippen LogP contribution in [0.3, 0.4) is 0 Å². The lowest BCUT2D eigenvalue weighted by Crippen LogP contribution is -2.35. The average Bonchev–Trinajstić information content (AvgIpc) is 2.46. The third-order valence-corrected chi connectivity index (χ3v) is 2.92. The third-order valence-electron chi connectivity index (χ3n) is 2.92. The van der Waals surface area contributed by atoms with Gasteiger partial charge in [-0.3, -0.25) is 9.59 Å². The van der Waals surface area contributed by atoms with E-state index in [-0.39, 0.29) is 30.4 Å². The number of anilines is 2. The van der Waals surface area contributed by atoms with Gasteiger partial charge in [0.25, 0.3) is 10.9 Å². The highest BCUT2D eigenvalue weighted by molar-refractivity contribution is 5.74. The molecule has 0 unspecified atom stereocenters. The molecule has 0 radical (unpaired) electrons. The lowest BCUT2D eigenvalue weighted by Gasteiger charge is -2.15. The van der Waals surface area contributed by atoms with Crippen molar-refractivity contribution >= 4 is 11.4 Å². The topological polar surface area (TPSA) is 95.9 Å². The van der Waals surface area contributed by atoms with Crippen LogP contribution in [-0.4, -0.2) is 23.4 Å². The molecular weight excluding hydrogens is 262 g/mol. The van der Waals surface area contributed by atoms with E-state index in [1.807, 2.05) is 0 Å². The SMILES string of the molecule is CCOc1c(Nc2cccc(CCO)c2O)c(=O)c1=O. The van der Waals surface area contributed by atoms with Crippen molar-refractivity contribution < 1.29 is 14.9 Å². The van der Waals surface area contributed by atoms with Crippen LogP contribution in [0.15, 0.2) is 27.8 Å². The summed E-state index contributed by atoms with van der Waals surface area (Å²) in [6.07, 6.45) is 0.297. The van der Waals surface area contributed by atoms with Crippen LogP contribution in [0.5, 0.6) is 11.5 Å². The lowest BCUT2D eigenvalue weighted by atomic mass is 10.1. The number of phenols is 1. The van der Waals surface area contributed by atoms with Gasteiger partial charge in [0.15, 0.2) is 5.75 Å². The van der Waals surface area contributed by atoms with Gasteiger partial charge < -0.3 is 20.3 Å². The summed E-state index contributed by atoms with van der Waals surface area (Å²) in [5.74, 6) is -0.0680. The van der Waals surface area contributed by atoms with E-state index in [4.69, 9.17) is 9.84 Å². The van der Waals surface area contributed by atoms with Gasteiger partial charge in [-0.15, -0.1) is 0 Å². The minimum absolute atomic E-state index is 0.00976. The van der Waals surface area contributed by atoms with Crippen molar-refractivity contribution in [3.05, 3.63) is 44.2 Å². The van der Waals surface area contributed by atoms with Crippen molar-refractivity contribution in [3.63, 3.8) is 0 Å². The third kappa shape index (κ3) is 2.37. The molecule has 0 aliphatic carbocycles. The first-order valence-corrected chi connectivity index (χ1v) is 6.25. The van der Waals surface area contributed by atoms with Gasteiger partial charge in [-0.2, -0.15) is 0 Å². The molecule has 3 N–H and O–H groups in total. The Morgan fingerprint density at radius 2 is 2.00 bits per heavy atom. The van der Waals surface area contributed by atoms with Crippen LogP contribution in [0.2, 0.25) is 0 Å². The molecule has 106 valence electrons. The number of aromatic hydroxyl groups is 1. The average molecular weight is 277 g/mol. The number of para-hydroxylation sites is 1. The van der Waals surface area contributed by atoms with E-state index < -0.39 is 10.9 Å². The van der Waals surface area contributed by atoms with Crippen molar-refractivity contribution in [2.24, 2.45) is 0 Å². The number of aliphatic hydroxyl groups excluding tert-OH is 1. The van der Waals surface area contributed by atoms with Crippen LogP contribution in [0.1, 0.15) is 12.5 Å². The van der Waals surface area contributed by atoms with Gasteiger partial charge in [0.05, 0.1) is 12.3 Å². The quantitative estimate of drug-likeness (QED) is 0.530. The van der Waals surface area contributed by atoms with E-state index in [9.17, 15) is 14.7 Å². The first kappa shape index (κ1) is 14.1. The summed E-state index contributed by atoms with van der Waals surface area (Å²) in [7, 11) is 0. The second-order valence-corrected chi connectivity index (χ2v) is 4.21. The highest BCUT2D eigenvalue weighted by atomic mass is 16.5. The Labute approximate surface area is 115 Å². The summed E-state index contributed by atoms with van der Waals surface area (Å²) in [6.45, 7) is 1.89. The van der Waals surface area contributed by atoms with E-state index in [0.29, 0.717) is 17.7 Å². The molecule has 6 heteroatoms. The Kier molecular flexibility index (Phi) is 4.05. The number of aliphatic hydroxyl groups is 1. The van der Waals surface area contributed by atoms with Crippen LogP contribution < -0.4 is 20.9 Å². The number of phenolic OH excluding ortho intramolecular Hbond substituents is 1. The minimum Gasteiger partial charge on any atom is -0.505 e. The monoisotopic (exact) mass is 277 g/mol. The van der Waals surface area contributed by atoms with Crippen LogP contribution >= 0.6 is 0 Å². The van der Waals surface area contributed by atoms with Crippen molar-refractivity contribution in [2.75, 3.05) is 18.5 Å². The summed E-state index contributed by atoms with van der Waals surface area (Å²) in [5.41, 5.74) is -0.438. The van der Waals surface area contributed by atoms with E-state index in [1.54, 1.807) is 25.1 Å². The maximum Gasteiger partial charge on any atom is 0.272 e. The van der Waals surface area contributed by atoms with Gasteiger partial charge in [0.1, 0.15) is 11.4 Å². The molecule has 0 aliphatic heterocycles. The summed E-state index contributed by atoms with van der Waals surface area (Å²) in [5, 5.41) is 21.6. The largest absolute Gasteiger partial charge is 0.505 e. The van der Waals surface area contributed by atoms with E-state index >= 15 is 0 Å². The number of hydrogen-bond donors (Lipinski definition) is 3. The van der Waals surface area contributed by atoms with Crippen LogP contribution in [0, 0.1) is 0 Å². The molecule has 0 heterocycles. The molecule has 0 saturated carbocycles. The van der Waals surface area contributed by atoms with E-state index in [2.05, 4.69) is 5.32 Å². The molecule has 2 rings (SSSR count). The molecule has 2 aromatic carbocycles. The second kappa shape index (κ2) is 5.75. The molecule has 0 aromatic heterocycles. The van der Waals surface area contributed by atoms with Crippen molar-refractivity contribution in [3.8, 4) is 11.5 Å². The summed E-state index contributed by atoms with van der Waals surface area (Å²) < 4.78 is 5.09. The van der Waals surface area contributed by atoms with E-state index in [0.717, 1.165) is 0 Å². The fourth-order valence-electron chi connectivity index (χ4n) is 1.92. The maximum atomic E-state index is 11.5.